The van der Waals surface area contributed by atoms with Crippen LogP contribution in [0.5, 0.6) is 11.5 Å². The summed E-state index contributed by atoms with van der Waals surface area (Å²) in [5, 5.41) is 3.20. The molecule has 1 atom stereocenters. The second-order valence-corrected chi connectivity index (χ2v) is 4.18. The maximum Gasteiger partial charge on any atom is 0.304 e. The SMILES string of the molecule is CCOC1(C2=NCCN2)COc2ccccc2O1. The van der Waals surface area contributed by atoms with Crippen molar-refractivity contribution in [2.45, 2.75) is 12.7 Å². The van der Waals surface area contributed by atoms with Crippen molar-refractivity contribution in [2.75, 3.05) is 26.3 Å². The van der Waals surface area contributed by atoms with Crippen LogP contribution in [0.1, 0.15) is 6.92 Å². The summed E-state index contributed by atoms with van der Waals surface area (Å²) in [7, 11) is 0. The number of rotatable bonds is 3. The highest BCUT2D eigenvalue weighted by atomic mass is 16.7. The van der Waals surface area contributed by atoms with Gasteiger partial charge in [0, 0.05) is 13.2 Å². The van der Waals surface area contributed by atoms with Crippen molar-refractivity contribution >= 4 is 5.84 Å². The molecule has 5 heteroatoms. The fourth-order valence-corrected chi connectivity index (χ4v) is 2.18. The number of nitrogens with zero attached hydrogens (tertiary/aromatic N) is 1. The Balaban J connectivity index is 1.93. The van der Waals surface area contributed by atoms with Crippen molar-refractivity contribution in [2.24, 2.45) is 4.99 Å². The van der Waals surface area contributed by atoms with Crippen LogP contribution in [-0.4, -0.2) is 37.9 Å². The minimum Gasteiger partial charge on any atom is -0.482 e. The van der Waals surface area contributed by atoms with Gasteiger partial charge in [-0.05, 0) is 19.1 Å². The third-order valence-electron chi connectivity index (χ3n) is 2.95. The zero-order chi connectivity index (χ0) is 12.4. The topological polar surface area (TPSA) is 52.1 Å². The molecule has 2 aliphatic heterocycles. The third kappa shape index (κ3) is 1.80. The van der Waals surface area contributed by atoms with E-state index >= 15 is 0 Å². The van der Waals surface area contributed by atoms with Crippen molar-refractivity contribution in [3.8, 4) is 11.5 Å². The van der Waals surface area contributed by atoms with Crippen LogP contribution in [0, 0.1) is 0 Å². The van der Waals surface area contributed by atoms with E-state index in [1.807, 2.05) is 31.2 Å². The number of ether oxygens (including phenoxy) is 3. The van der Waals surface area contributed by atoms with Crippen molar-refractivity contribution in [3.63, 3.8) is 0 Å². The second kappa shape index (κ2) is 4.49. The molecular weight excluding hydrogens is 232 g/mol. The first-order chi connectivity index (χ1) is 8.84. The van der Waals surface area contributed by atoms with Crippen molar-refractivity contribution in [3.05, 3.63) is 24.3 Å². The monoisotopic (exact) mass is 248 g/mol. The van der Waals surface area contributed by atoms with Crippen LogP contribution in [0.3, 0.4) is 0 Å². The molecule has 0 amide bonds. The van der Waals surface area contributed by atoms with E-state index in [1.165, 1.54) is 0 Å². The van der Waals surface area contributed by atoms with Gasteiger partial charge in [-0.15, -0.1) is 0 Å². The van der Waals surface area contributed by atoms with Crippen LogP contribution in [0.4, 0.5) is 0 Å². The molecule has 5 nitrogen and oxygen atoms in total. The first-order valence-electron chi connectivity index (χ1n) is 6.18. The number of aliphatic imine (C=N–C) groups is 1. The Labute approximate surface area is 106 Å². The molecule has 96 valence electrons. The molecule has 1 aromatic rings. The Morgan fingerprint density at radius 2 is 2.22 bits per heavy atom. The Morgan fingerprint density at radius 3 is 2.94 bits per heavy atom. The molecule has 18 heavy (non-hydrogen) atoms. The van der Waals surface area contributed by atoms with Gasteiger partial charge in [-0.25, -0.2) is 0 Å². The molecule has 0 radical (unpaired) electrons. The summed E-state index contributed by atoms with van der Waals surface area (Å²) in [5.41, 5.74) is 0. The lowest BCUT2D eigenvalue weighted by atomic mass is 10.2. The van der Waals surface area contributed by atoms with Crippen molar-refractivity contribution in [1.82, 2.24) is 5.32 Å². The van der Waals surface area contributed by atoms with E-state index in [4.69, 9.17) is 14.2 Å². The van der Waals surface area contributed by atoms with Crippen LogP contribution in [-0.2, 0) is 4.74 Å². The largest absolute Gasteiger partial charge is 0.482 e. The first kappa shape index (κ1) is 11.3. The number of para-hydroxylation sites is 2. The Kier molecular flexibility index (Phi) is 2.83. The molecule has 0 aromatic heterocycles. The molecule has 3 rings (SSSR count). The molecule has 1 N–H and O–H groups in total. The van der Waals surface area contributed by atoms with Gasteiger partial charge in [0.25, 0.3) is 0 Å². The second-order valence-electron chi connectivity index (χ2n) is 4.18. The van der Waals surface area contributed by atoms with E-state index in [9.17, 15) is 0 Å². The van der Waals surface area contributed by atoms with E-state index in [0.29, 0.717) is 19.0 Å². The highest BCUT2D eigenvalue weighted by molar-refractivity contribution is 5.91. The van der Waals surface area contributed by atoms with E-state index < -0.39 is 5.79 Å². The number of nitrogens with one attached hydrogen (secondary N) is 1. The summed E-state index contributed by atoms with van der Waals surface area (Å²) >= 11 is 0. The van der Waals surface area contributed by atoms with Crippen molar-refractivity contribution < 1.29 is 14.2 Å². The van der Waals surface area contributed by atoms with E-state index in [1.54, 1.807) is 0 Å². The van der Waals surface area contributed by atoms with Crippen LogP contribution in [0.15, 0.2) is 29.3 Å². The summed E-state index contributed by atoms with van der Waals surface area (Å²) in [5.74, 6) is 1.22. The quantitative estimate of drug-likeness (QED) is 0.873. The lowest BCUT2D eigenvalue weighted by Gasteiger charge is -2.37. The average Bonchev–Trinajstić information content (AvgIpc) is 2.93. The fraction of sp³-hybridized carbons (Fsp3) is 0.462. The molecule has 0 bridgehead atoms. The van der Waals surface area contributed by atoms with Gasteiger partial charge in [0.2, 0.25) is 0 Å². The molecule has 0 spiro atoms. The predicted octanol–water partition coefficient (Wildman–Crippen LogP) is 1.19. The lowest BCUT2D eigenvalue weighted by molar-refractivity contribution is -0.161. The zero-order valence-electron chi connectivity index (χ0n) is 10.3. The van der Waals surface area contributed by atoms with Gasteiger partial charge in [-0.2, -0.15) is 0 Å². The maximum atomic E-state index is 6.00. The molecule has 0 saturated heterocycles. The van der Waals surface area contributed by atoms with Crippen LogP contribution < -0.4 is 14.8 Å². The fourth-order valence-electron chi connectivity index (χ4n) is 2.18. The molecule has 2 aliphatic rings. The van der Waals surface area contributed by atoms with Gasteiger partial charge >= 0.3 is 5.79 Å². The highest BCUT2D eigenvalue weighted by Gasteiger charge is 2.45. The average molecular weight is 248 g/mol. The molecule has 0 saturated carbocycles. The minimum atomic E-state index is -0.931. The third-order valence-corrected chi connectivity index (χ3v) is 2.95. The Hall–Kier alpha value is -1.75. The summed E-state index contributed by atoms with van der Waals surface area (Å²) in [6.07, 6.45) is 0. The van der Waals surface area contributed by atoms with Gasteiger partial charge in [-0.3, -0.25) is 4.99 Å². The van der Waals surface area contributed by atoms with Gasteiger partial charge in [0.15, 0.2) is 23.9 Å². The van der Waals surface area contributed by atoms with Gasteiger partial charge < -0.3 is 19.5 Å². The van der Waals surface area contributed by atoms with Gasteiger partial charge in [0.05, 0.1) is 6.54 Å². The summed E-state index contributed by atoms with van der Waals surface area (Å²) in [6, 6.07) is 7.59. The summed E-state index contributed by atoms with van der Waals surface area (Å²) in [4.78, 5) is 4.40. The number of hydrogen-bond donors (Lipinski definition) is 1. The van der Waals surface area contributed by atoms with E-state index in [2.05, 4.69) is 10.3 Å². The normalized spacial score (nSPS) is 25.5. The van der Waals surface area contributed by atoms with Crippen LogP contribution >= 0.6 is 0 Å². The molecule has 0 aliphatic carbocycles. The van der Waals surface area contributed by atoms with E-state index in [-0.39, 0.29) is 0 Å². The maximum absolute atomic E-state index is 6.00. The Bertz CT molecular complexity index is 475. The summed E-state index contributed by atoms with van der Waals surface area (Å²) in [6.45, 7) is 4.33. The van der Waals surface area contributed by atoms with Crippen LogP contribution in [0.2, 0.25) is 0 Å². The molecule has 1 unspecified atom stereocenters. The Morgan fingerprint density at radius 1 is 1.39 bits per heavy atom. The predicted molar refractivity (Wildman–Crippen MR) is 67.2 cm³/mol. The molecule has 0 fully saturated rings. The number of hydrogen-bond acceptors (Lipinski definition) is 5. The van der Waals surface area contributed by atoms with Crippen molar-refractivity contribution in [1.29, 1.82) is 0 Å². The molecular formula is C13H16N2O3. The zero-order valence-corrected chi connectivity index (χ0v) is 10.3. The van der Waals surface area contributed by atoms with Gasteiger partial charge in [0.1, 0.15) is 0 Å². The number of benzene rings is 1. The van der Waals surface area contributed by atoms with Crippen LogP contribution in [0.25, 0.3) is 0 Å². The molecule has 1 aromatic carbocycles. The minimum absolute atomic E-state index is 0.309. The van der Waals surface area contributed by atoms with Gasteiger partial charge in [-0.1, -0.05) is 12.1 Å². The lowest BCUT2D eigenvalue weighted by Crippen LogP contribution is -2.57. The first-order valence-corrected chi connectivity index (χ1v) is 6.18. The van der Waals surface area contributed by atoms with E-state index in [0.717, 1.165) is 24.7 Å². The highest BCUT2D eigenvalue weighted by Crippen LogP contribution is 2.36. The smallest absolute Gasteiger partial charge is 0.304 e. The summed E-state index contributed by atoms with van der Waals surface area (Å²) < 4.78 is 17.5. The standard InChI is InChI=1S/C13H16N2O3/c1-2-17-13(12-14-7-8-15-12)9-16-10-5-3-4-6-11(10)18-13/h3-6H,2,7-9H2,1H3,(H,14,15). The molecule has 2 heterocycles. The number of fused-ring (bicyclic) bond motifs is 1. The number of amidine groups is 1.